The average molecular weight is 220 g/mol. The quantitative estimate of drug-likeness (QED) is 0.725. The van der Waals surface area contributed by atoms with Crippen LogP contribution in [-0.2, 0) is 9.53 Å². The van der Waals surface area contributed by atoms with Crippen molar-refractivity contribution in [2.75, 3.05) is 0 Å². The molecule has 0 N–H and O–H groups in total. The molecule has 16 heavy (non-hydrogen) atoms. The van der Waals surface area contributed by atoms with Crippen molar-refractivity contribution in [2.24, 2.45) is 0 Å². The number of hydrogen-bond donors (Lipinski definition) is 0. The Balaban J connectivity index is 2.32. The maximum Gasteiger partial charge on any atom is 0.306 e. The van der Waals surface area contributed by atoms with E-state index < -0.39 is 0 Å². The van der Waals surface area contributed by atoms with Gasteiger partial charge in [-0.2, -0.15) is 14.6 Å². The monoisotopic (exact) mass is 220 g/mol. The van der Waals surface area contributed by atoms with Crippen LogP contribution in [0.3, 0.4) is 0 Å². The van der Waals surface area contributed by atoms with Gasteiger partial charge in [0.1, 0.15) is 12.4 Å². The molecule has 2 aromatic rings. The van der Waals surface area contributed by atoms with Gasteiger partial charge in [0, 0.05) is 12.6 Å². The van der Waals surface area contributed by atoms with Crippen LogP contribution in [0.1, 0.15) is 32.1 Å². The Morgan fingerprint density at radius 1 is 1.56 bits per heavy atom. The average Bonchev–Trinajstić information content (AvgIpc) is 2.76. The van der Waals surface area contributed by atoms with Crippen LogP contribution in [0.15, 0.2) is 18.6 Å². The number of carbonyl (C=O) groups excluding carboxylic acids is 1. The Kier molecular flexibility index (Phi) is 2.80. The number of aromatic nitrogens is 4. The largest absolute Gasteiger partial charge is 0.456 e. The van der Waals surface area contributed by atoms with Gasteiger partial charge in [-0.3, -0.25) is 4.79 Å². The van der Waals surface area contributed by atoms with Crippen molar-refractivity contribution >= 4 is 11.7 Å². The van der Waals surface area contributed by atoms with Gasteiger partial charge in [0.05, 0.1) is 5.69 Å². The van der Waals surface area contributed by atoms with Crippen LogP contribution in [-0.4, -0.2) is 25.6 Å². The molecular weight excluding hydrogens is 208 g/mol. The van der Waals surface area contributed by atoms with E-state index in [0.29, 0.717) is 12.2 Å². The lowest BCUT2D eigenvalue weighted by Gasteiger charge is -2.13. The fourth-order valence-corrected chi connectivity index (χ4v) is 1.41. The summed E-state index contributed by atoms with van der Waals surface area (Å²) in [6.45, 7) is 3.55. The summed E-state index contributed by atoms with van der Waals surface area (Å²) >= 11 is 0. The van der Waals surface area contributed by atoms with Crippen molar-refractivity contribution in [1.82, 2.24) is 19.6 Å². The maximum atomic E-state index is 11.2. The Bertz CT molecular complexity index is 508. The zero-order chi connectivity index (χ0) is 11.5. The number of rotatable bonds is 3. The molecule has 1 atom stereocenters. The van der Waals surface area contributed by atoms with Crippen LogP contribution in [0, 0.1) is 0 Å². The Hall–Kier alpha value is -1.98. The van der Waals surface area contributed by atoms with Gasteiger partial charge in [-0.15, -0.1) is 0 Å². The zero-order valence-electron chi connectivity index (χ0n) is 9.12. The highest BCUT2D eigenvalue weighted by atomic mass is 16.5. The first-order valence-corrected chi connectivity index (χ1v) is 5.06. The van der Waals surface area contributed by atoms with E-state index in [2.05, 4.69) is 15.1 Å². The van der Waals surface area contributed by atoms with Gasteiger partial charge < -0.3 is 4.74 Å². The lowest BCUT2D eigenvalue weighted by atomic mass is 10.3. The van der Waals surface area contributed by atoms with Crippen molar-refractivity contribution in [2.45, 2.75) is 26.4 Å². The second-order valence-electron chi connectivity index (χ2n) is 3.33. The molecule has 0 fully saturated rings. The van der Waals surface area contributed by atoms with E-state index in [1.807, 2.05) is 0 Å². The molecule has 0 amide bonds. The smallest absolute Gasteiger partial charge is 0.306 e. The summed E-state index contributed by atoms with van der Waals surface area (Å²) in [6.07, 6.45) is 3.03. The molecule has 6 heteroatoms. The number of ether oxygens (including phenoxy) is 1. The summed E-state index contributed by atoms with van der Waals surface area (Å²) < 4.78 is 6.77. The summed E-state index contributed by atoms with van der Waals surface area (Å²) in [4.78, 5) is 19.2. The summed E-state index contributed by atoms with van der Waals surface area (Å²) in [5.41, 5.74) is 0.754. The van der Waals surface area contributed by atoms with Gasteiger partial charge in [0.2, 0.25) is 0 Å². The van der Waals surface area contributed by atoms with Crippen molar-refractivity contribution in [3.05, 3.63) is 24.3 Å². The highest BCUT2D eigenvalue weighted by molar-refractivity contribution is 5.69. The third kappa shape index (κ3) is 1.86. The molecule has 84 valence electrons. The molecule has 0 spiro atoms. The molecule has 0 saturated carbocycles. The van der Waals surface area contributed by atoms with E-state index in [1.54, 1.807) is 30.6 Å². The minimum atomic E-state index is -0.361. The number of esters is 1. The minimum Gasteiger partial charge on any atom is -0.456 e. The highest BCUT2D eigenvalue weighted by Crippen LogP contribution is 2.16. The molecule has 0 aromatic carbocycles. The summed E-state index contributed by atoms with van der Waals surface area (Å²) in [5.74, 6) is 0.259. The fraction of sp³-hybridized carbons (Fsp3) is 0.400. The van der Waals surface area contributed by atoms with Crippen LogP contribution in [0.2, 0.25) is 0 Å². The summed E-state index contributed by atoms with van der Waals surface area (Å²) in [5, 5.41) is 4.02. The van der Waals surface area contributed by atoms with Crippen LogP contribution in [0.4, 0.5) is 0 Å². The van der Waals surface area contributed by atoms with Crippen molar-refractivity contribution in [3.8, 4) is 0 Å². The topological polar surface area (TPSA) is 69.4 Å². The first kappa shape index (κ1) is 10.5. The molecule has 0 aliphatic rings. The van der Waals surface area contributed by atoms with E-state index in [0.717, 1.165) is 5.69 Å². The number of carbonyl (C=O) groups is 1. The third-order valence-corrected chi connectivity index (χ3v) is 2.22. The number of hydrogen-bond acceptors (Lipinski definition) is 5. The first-order valence-electron chi connectivity index (χ1n) is 5.06. The Morgan fingerprint density at radius 3 is 3.12 bits per heavy atom. The molecule has 1 unspecified atom stereocenters. The van der Waals surface area contributed by atoms with Gasteiger partial charge >= 0.3 is 5.97 Å². The molecule has 0 aliphatic heterocycles. The summed E-state index contributed by atoms with van der Waals surface area (Å²) in [6, 6.07) is 1.76. The Labute approximate surface area is 92.3 Å². The van der Waals surface area contributed by atoms with Gasteiger partial charge in [-0.1, -0.05) is 6.92 Å². The second kappa shape index (κ2) is 4.26. The van der Waals surface area contributed by atoms with E-state index in [-0.39, 0.29) is 12.1 Å². The molecule has 2 rings (SSSR count). The maximum absolute atomic E-state index is 11.2. The van der Waals surface area contributed by atoms with Gasteiger partial charge in [0.15, 0.2) is 0 Å². The third-order valence-electron chi connectivity index (χ3n) is 2.22. The number of nitrogens with zero attached hydrogens (tertiary/aromatic N) is 4. The second-order valence-corrected chi connectivity index (χ2v) is 3.33. The standard InChI is InChI=1S/C10H12N4O2/c1-3-9(15)16-7(2)8-4-5-11-10-12-6-13-14(8)10/h4-7H,3H2,1-2H3. The predicted octanol–water partition coefficient (Wildman–Crippen LogP) is 1.14. The van der Waals surface area contributed by atoms with Crippen LogP contribution < -0.4 is 0 Å². The van der Waals surface area contributed by atoms with E-state index >= 15 is 0 Å². The van der Waals surface area contributed by atoms with E-state index in [1.165, 1.54) is 6.33 Å². The zero-order valence-corrected chi connectivity index (χ0v) is 9.12. The fourth-order valence-electron chi connectivity index (χ4n) is 1.41. The van der Waals surface area contributed by atoms with E-state index in [9.17, 15) is 4.79 Å². The minimum absolute atomic E-state index is 0.238. The molecule has 0 aliphatic carbocycles. The highest BCUT2D eigenvalue weighted by Gasteiger charge is 2.14. The van der Waals surface area contributed by atoms with Crippen molar-refractivity contribution in [3.63, 3.8) is 0 Å². The van der Waals surface area contributed by atoms with Crippen LogP contribution in [0.5, 0.6) is 0 Å². The van der Waals surface area contributed by atoms with Gasteiger partial charge in [-0.05, 0) is 13.0 Å². The van der Waals surface area contributed by atoms with Crippen LogP contribution in [0.25, 0.3) is 5.78 Å². The van der Waals surface area contributed by atoms with Gasteiger partial charge in [-0.25, -0.2) is 4.98 Å². The molecule has 0 bridgehead atoms. The lowest BCUT2D eigenvalue weighted by Crippen LogP contribution is -2.11. The molecule has 6 nitrogen and oxygen atoms in total. The molecule has 0 saturated heterocycles. The van der Waals surface area contributed by atoms with E-state index in [4.69, 9.17) is 4.74 Å². The van der Waals surface area contributed by atoms with Crippen LogP contribution >= 0.6 is 0 Å². The molecule has 0 radical (unpaired) electrons. The SMILES string of the molecule is CCC(=O)OC(C)c1ccnc2ncnn12. The Morgan fingerprint density at radius 2 is 2.38 bits per heavy atom. The number of fused-ring (bicyclic) bond motifs is 1. The van der Waals surface area contributed by atoms with Crippen molar-refractivity contribution < 1.29 is 9.53 Å². The van der Waals surface area contributed by atoms with Gasteiger partial charge in [0.25, 0.3) is 5.78 Å². The lowest BCUT2D eigenvalue weighted by molar-refractivity contribution is -0.148. The first-order chi connectivity index (χ1) is 7.72. The summed E-state index contributed by atoms with van der Waals surface area (Å²) in [7, 11) is 0. The predicted molar refractivity (Wildman–Crippen MR) is 55.6 cm³/mol. The molecule has 2 heterocycles. The molecule has 2 aromatic heterocycles. The molecular formula is C10H12N4O2. The van der Waals surface area contributed by atoms with Crippen molar-refractivity contribution in [1.29, 1.82) is 0 Å². The normalized spacial score (nSPS) is 12.6.